The monoisotopic (exact) mass is 166 g/mol. The number of fused-ring (bicyclic) bond motifs is 2. The molecule has 0 heterocycles. The molecule has 0 aromatic heterocycles. The number of carbonyl (C=O) groups excluding carboxylic acids is 1. The van der Waals surface area contributed by atoms with E-state index in [9.17, 15) is 4.79 Å². The Hall–Kier alpha value is -0.330. The van der Waals surface area contributed by atoms with Crippen LogP contribution in [-0.2, 0) is 4.79 Å². The number of hydrogen-bond donors (Lipinski definition) is 0. The molecule has 3 saturated carbocycles. The van der Waals surface area contributed by atoms with E-state index in [1.165, 1.54) is 12.8 Å². The van der Waals surface area contributed by atoms with Gasteiger partial charge in [-0.25, -0.2) is 0 Å². The van der Waals surface area contributed by atoms with Gasteiger partial charge in [-0.3, -0.25) is 4.79 Å². The Morgan fingerprint density at radius 1 is 1.33 bits per heavy atom. The zero-order valence-corrected chi connectivity index (χ0v) is 8.31. The Morgan fingerprint density at radius 2 is 1.92 bits per heavy atom. The lowest BCUT2D eigenvalue weighted by Crippen LogP contribution is -2.55. The first-order valence-electron chi connectivity index (χ1n) is 4.99. The molecule has 3 fully saturated rings. The highest BCUT2D eigenvalue weighted by Gasteiger charge is 2.58. The third-order valence-electron chi connectivity index (χ3n) is 4.02. The van der Waals surface area contributed by atoms with Gasteiger partial charge in [-0.2, -0.15) is 0 Å². The van der Waals surface area contributed by atoms with Crippen molar-refractivity contribution in [3.63, 3.8) is 0 Å². The standard InChI is InChI=1S/C11H18O/c1-10(2,3)11-6-8(7-11)4-5-9(11)12/h8H,4-7H2,1-3H3. The normalized spacial score (nSPS) is 40.9. The van der Waals surface area contributed by atoms with Crippen LogP contribution in [-0.4, -0.2) is 5.78 Å². The average molecular weight is 166 g/mol. The molecule has 0 atom stereocenters. The third kappa shape index (κ3) is 0.826. The summed E-state index contributed by atoms with van der Waals surface area (Å²) in [5, 5.41) is 0. The molecule has 3 aliphatic carbocycles. The van der Waals surface area contributed by atoms with Crippen molar-refractivity contribution in [1.29, 1.82) is 0 Å². The lowest BCUT2D eigenvalue weighted by molar-refractivity contribution is -0.158. The van der Waals surface area contributed by atoms with Crippen LogP contribution in [0.2, 0.25) is 0 Å². The molecule has 1 heteroatoms. The minimum atomic E-state index is 0.0793. The second-order valence-corrected chi connectivity index (χ2v) is 5.57. The largest absolute Gasteiger partial charge is 0.299 e. The minimum Gasteiger partial charge on any atom is -0.299 e. The summed E-state index contributed by atoms with van der Waals surface area (Å²) in [4.78, 5) is 11.8. The molecule has 0 aliphatic heterocycles. The fourth-order valence-corrected chi connectivity index (χ4v) is 2.96. The molecular formula is C11H18O. The highest BCUT2D eigenvalue weighted by atomic mass is 16.1. The molecule has 3 aliphatic rings. The van der Waals surface area contributed by atoms with E-state index in [0.717, 1.165) is 18.8 Å². The molecular weight excluding hydrogens is 148 g/mol. The molecule has 1 nitrogen and oxygen atoms in total. The van der Waals surface area contributed by atoms with Gasteiger partial charge in [0.25, 0.3) is 0 Å². The van der Waals surface area contributed by atoms with E-state index in [1.807, 2.05) is 0 Å². The summed E-state index contributed by atoms with van der Waals surface area (Å²) in [5.41, 5.74) is 0.275. The molecule has 0 spiro atoms. The maximum absolute atomic E-state index is 11.8. The van der Waals surface area contributed by atoms with Gasteiger partial charge in [-0.15, -0.1) is 0 Å². The molecule has 0 aromatic rings. The van der Waals surface area contributed by atoms with Crippen molar-refractivity contribution >= 4 is 5.78 Å². The van der Waals surface area contributed by atoms with E-state index in [-0.39, 0.29) is 10.8 Å². The third-order valence-corrected chi connectivity index (χ3v) is 4.02. The minimum absolute atomic E-state index is 0.0793. The Kier molecular flexibility index (Phi) is 1.47. The summed E-state index contributed by atoms with van der Waals surface area (Å²) in [5.74, 6) is 1.42. The molecule has 0 unspecified atom stereocenters. The van der Waals surface area contributed by atoms with Gasteiger partial charge in [0.15, 0.2) is 0 Å². The molecule has 0 radical (unpaired) electrons. The second kappa shape index (κ2) is 2.12. The highest BCUT2D eigenvalue weighted by Crippen LogP contribution is 2.61. The summed E-state index contributed by atoms with van der Waals surface area (Å²) < 4.78 is 0. The lowest BCUT2D eigenvalue weighted by Gasteiger charge is -2.58. The van der Waals surface area contributed by atoms with E-state index in [0.29, 0.717) is 5.78 Å². The zero-order valence-electron chi connectivity index (χ0n) is 8.31. The van der Waals surface area contributed by atoms with Crippen molar-refractivity contribution in [3.05, 3.63) is 0 Å². The van der Waals surface area contributed by atoms with Crippen LogP contribution in [0.15, 0.2) is 0 Å². The first kappa shape index (κ1) is 8.28. The van der Waals surface area contributed by atoms with Gasteiger partial charge in [-0.05, 0) is 30.6 Å². The predicted octanol–water partition coefficient (Wildman–Crippen LogP) is 2.79. The van der Waals surface area contributed by atoms with Crippen LogP contribution in [0.3, 0.4) is 0 Å². The van der Waals surface area contributed by atoms with Gasteiger partial charge in [0.1, 0.15) is 5.78 Å². The maximum Gasteiger partial charge on any atom is 0.139 e. The fourth-order valence-electron chi connectivity index (χ4n) is 2.96. The summed E-state index contributed by atoms with van der Waals surface area (Å²) in [6, 6.07) is 0. The summed E-state index contributed by atoms with van der Waals surface area (Å²) in [7, 11) is 0. The number of carbonyl (C=O) groups is 1. The van der Waals surface area contributed by atoms with Crippen LogP contribution in [0.4, 0.5) is 0 Å². The van der Waals surface area contributed by atoms with Crippen LogP contribution in [0.5, 0.6) is 0 Å². The average Bonchev–Trinajstić information content (AvgIpc) is 1.81. The molecule has 0 amide bonds. The van der Waals surface area contributed by atoms with Crippen molar-refractivity contribution in [2.24, 2.45) is 16.7 Å². The summed E-state index contributed by atoms with van der Waals surface area (Å²) in [6.45, 7) is 6.64. The summed E-state index contributed by atoms with van der Waals surface area (Å²) >= 11 is 0. The van der Waals surface area contributed by atoms with Crippen molar-refractivity contribution < 1.29 is 4.79 Å². The molecule has 12 heavy (non-hydrogen) atoms. The van der Waals surface area contributed by atoms with Gasteiger partial charge in [0.2, 0.25) is 0 Å². The van der Waals surface area contributed by atoms with Crippen molar-refractivity contribution in [3.8, 4) is 0 Å². The zero-order chi connectivity index (χ0) is 8.98. The molecule has 0 saturated heterocycles. The van der Waals surface area contributed by atoms with E-state index >= 15 is 0 Å². The van der Waals surface area contributed by atoms with Crippen molar-refractivity contribution in [2.45, 2.75) is 46.5 Å². The van der Waals surface area contributed by atoms with Crippen molar-refractivity contribution in [2.75, 3.05) is 0 Å². The first-order valence-corrected chi connectivity index (χ1v) is 4.99. The van der Waals surface area contributed by atoms with E-state index in [4.69, 9.17) is 0 Å². The first-order chi connectivity index (χ1) is 5.46. The van der Waals surface area contributed by atoms with Gasteiger partial charge < -0.3 is 0 Å². The Labute approximate surface area is 74.5 Å². The lowest BCUT2D eigenvalue weighted by atomic mass is 9.45. The topological polar surface area (TPSA) is 17.1 Å². The quantitative estimate of drug-likeness (QED) is 0.541. The van der Waals surface area contributed by atoms with Gasteiger partial charge in [0.05, 0.1) is 0 Å². The second-order valence-electron chi connectivity index (χ2n) is 5.57. The number of hydrogen-bond acceptors (Lipinski definition) is 1. The van der Waals surface area contributed by atoms with Gasteiger partial charge in [0, 0.05) is 11.8 Å². The van der Waals surface area contributed by atoms with Gasteiger partial charge in [-0.1, -0.05) is 20.8 Å². The van der Waals surface area contributed by atoms with Crippen LogP contribution in [0.25, 0.3) is 0 Å². The number of Topliss-reactive ketones (excluding diaryl/α,β-unsaturated/α-hetero) is 1. The fraction of sp³-hybridized carbons (Fsp3) is 0.909. The molecule has 3 rings (SSSR count). The van der Waals surface area contributed by atoms with Crippen LogP contribution >= 0.6 is 0 Å². The molecule has 0 N–H and O–H groups in total. The van der Waals surface area contributed by atoms with E-state index in [1.54, 1.807) is 0 Å². The summed E-state index contributed by atoms with van der Waals surface area (Å²) in [6.07, 6.45) is 4.36. The van der Waals surface area contributed by atoms with Gasteiger partial charge >= 0.3 is 0 Å². The van der Waals surface area contributed by atoms with Crippen LogP contribution < -0.4 is 0 Å². The predicted molar refractivity (Wildman–Crippen MR) is 48.9 cm³/mol. The van der Waals surface area contributed by atoms with Crippen molar-refractivity contribution in [1.82, 2.24) is 0 Å². The highest BCUT2D eigenvalue weighted by molar-refractivity contribution is 5.88. The van der Waals surface area contributed by atoms with E-state index < -0.39 is 0 Å². The molecule has 0 aromatic carbocycles. The molecule has 68 valence electrons. The van der Waals surface area contributed by atoms with Crippen LogP contribution in [0.1, 0.15) is 46.5 Å². The van der Waals surface area contributed by atoms with E-state index in [2.05, 4.69) is 20.8 Å². The SMILES string of the molecule is CC(C)(C)C12CC(CCC1=O)C2. The number of rotatable bonds is 0. The Morgan fingerprint density at radius 3 is 2.25 bits per heavy atom. The smallest absolute Gasteiger partial charge is 0.139 e. The Bertz CT molecular complexity index is 216. The number of ketones is 1. The maximum atomic E-state index is 11.8. The Balaban J connectivity index is 2.27. The van der Waals surface area contributed by atoms with Crippen LogP contribution in [0, 0.1) is 16.7 Å². The molecule has 2 bridgehead atoms.